The van der Waals surface area contributed by atoms with E-state index in [1.54, 1.807) is 38.1 Å². The lowest BCUT2D eigenvalue weighted by Crippen LogP contribution is -2.23. The van der Waals surface area contributed by atoms with Gasteiger partial charge in [0.2, 0.25) is 5.95 Å². The first-order valence-electron chi connectivity index (χ1n) is 13.7. The van der Waals surface area contributed by atoms with Crippen molar-refractivity contribution in [1.29, 1.82) is 0 Å². The molecule has 0 bridgehead atoms. The molecule has 13 heteroatoms. The van der Waals surface area contributed by atoms with Crippen LogP contribution in [0, 0.1) is 5.82 Å². The van der Waals surface area contributed by atoms with Crippen molar-refractivity contribution in [2.24, 2.45) is 7.05 Å². The molecule has 6 aromatic rings. The average Bonchev–Trinajstić information content (AvgIpc) is 3.48. The number of fused-ring (bicyclic) bond motifs is 2. The van der Waals surface area contributed by atoms with Crippen molar-refractivity contribution in [3.8, 4) is 22.4 Å². The lowest BCUT2D eigenvalue weighted by molar-refractivity contribution is 0.262. The molecule has 0 atom stereocenters. The van der Waals surface area contributed by atoms with Crippen LogP contribution in [0.25, 0.3) is 43.6 Å². The topological polar surface area (TPSA) is 140 Å². The first-order valence-corrected chi connectivity index (χ1v) is 14.5. The molecule has 222 valence electrons. The number of pyridine rings is 1. The van der Waals surface area contributed by atoms with Gasteiger partial charge in [-0.2, -0.15) is 4.98 Å². The van der Waals surface area contributed by atoms with E-state index in [9.17, 15) is 14.0 Å². The minimum absolute atomic E-state index is 0.110. The molecule has 0 saturated carbocycles. The lowest BCUT2D eigenvalue weighted by Gasteiger charge is -2.19. The van der Waals surface area contributed by atoms with E-state index in [-0.39, 0.29) is 16.7 Å². The van der Waals surface area contributed by atoms with Crippen LogP contribution in [0.1, 0.15) is 26.6 Å². The van der Waals surface area contributed by atoms with Crippen molar-refractivity contribution in [3.63, 3.8) is 0 Å². The lowest BCUT2D eigenvalue weighted by atomic mass is 9.95. The van der Waals surface area contributed by atoms with Crippen molar-refractivity contribution in [2.45, 2.75) is 26.2 Å². The number of amides is 2. The number of anilines is 3. The Morgan fingerprint density at radius 2 is 1.70 bits per heavy atom. The summed E-state index contributed by atoms with van der Waals surface area (Å²) in [6.07, 6.45) is 3.14. The summed E-state index contributed by atoms with van der Waals surface area (Å²) in [6.45, 7) is 6.00. The van der Waals surface area contributed by atoms with Gasteiger partial charge in [-0.1, -0.05) is 32.9 Å². The third-order valence-corrected chi connectivity index (χ3v) is 7.82. The Kier molecular flexibility index (Phi) is 7.25. The van der Waals surface area contributed by atoms with E-state index in [0.717, 1.165) is 15.8 Å². The third kappa shape index (κ3) is 5.44. The molecule has 4 heterocycles. The summed E-state index contributed by atoms with van der Waals surface area (Å²) in [5.41, 5.74) is 4.55. The number of nitrogens with one attached hydrogen (secondary N) is 3. The molecule has 0 fully saturated rings. The highest BCUT2D eigenvalue weighted by atomic mass is 32.1. The van der Waals surface area contributed by atoms with Gasteiger partial charge in [-0.15, -0.1) is 11.3 Å². The molecule has 4 aromatic heterocycles. The molecule has 2 amide bonds. The maximum absolute atomic E-state index is 15.0. The van der Waals surface area contributed by atoms with E-state index in [1.165, 1.54) is 34.1 Å². The van der Waals surface area contributed by atoms with Crippen LogP contribution in [0.3, 0.4) is 0 Å². The highest BCUT2D eigenvalue weighted by Crippen LogP contribution is 2.32. The molecule has 0 radical (unpaired) electrons. The van der Waals surface area contributed by atoms with E-state index in [4.69, 9.17) is 4.98 Å². The molecular weight excluding hydrogens is 581 g/mol. The zero-order valence-electron chi connectivity index (χ0n) is 24.6. The molecule has 6 rings (SSSR count). The van der Waals surface area contributed by atoms with Gasteiger partial charge in [0.1, 0.15) is 17.3 Å². The SMILES string of the molecule is CNc1ncc2cc(-c3ccc(F)c(NC(=O)Nc4cnc(C(C)(C)C)nc4-c4ccc5scnc5c4)c3)c(=O)n(C)c2n1. The minimum Gasteiger partial charge on any atom is -0.357 e. The van der Waals surface area contributed by atoms with E-state index in [2.05, 4.69) is 35.9 Å². The van der Waals surface area contributed by atoms with E-state index in [1.807, 2.05) is 39.0 Å². The Morgan fingerprint density at radius 1 is 0.932 bits per heavy atom. The summed E-state index contributed by atoms with van der Waals surface area (Å²) in [7, 11) is 3.29. The minimum atomic E-state index is -0.705. The van der Waals surface area contributed by atoms with Crippen LogP contribution >= 0.6 is 11.3 Å². The fourth-order valence-electron chi connectivity index (χ4n) is 4.70. The Bertz CT molecular complexity index is 2140. The van der Waals surface area contributed by atoms with Gasteiger partial charge in [0.05, 0.1) is 39.0 Å². The average molecular weight is 610 g/mol. The summed E-state index contributed by atoms with van der Waals surface area (Å²) in [6, 6.07) is 10.8. The van der Waals surface area contributed by atoms with Crippen molar-refractivity contribution in [3.05, 3.63) is 82.4 Å². The molecule has 0 aliphatic carbocycles. The molecule has 0 spiro atoms. The Balaban J connectivity index is 1.33. The largest absolute Gasteiger partial charge is 0.357 e. The molecule has 0 aliphatic rings. The molecular formula is C31H28FN9O2S. The number of nitrogens with zero attached hydrogens (tertiary/aromatic N) is 6. The molecule has 11 nitrogen and oxygen atoms in total. The van der Waals surface area contributed by atoms with Crippen LogP contribution in [0.2, 0.25) is 0 Å². The van der Waals surface area contributed by atoms with Crippen LogP contribution in [0.15, 0.2) is 65.2 Å². The highest BCUT2D eigenvalue weighted by molar-refractivity contribution is 7.16. The van der Waals surface area contributed by atoms with E-state index < -0.39 is 11.8 Å². The van der Waals surface area contributed by atoms with Gasteiger partial charge in [0.15, 0.2) is 0 Å². The number of carbonyl (C=O) groups is 1. The van der Waals surface area contributed by atoms with E-state index in [0.29, 0.717) is 45.3 Å². The fraction of sp³-hybridized carbons (Fsp3) is 0.194. The van der Waals surface area contributed by atoms with Crippen LogP contribution in [0.5, 0.6) is 0 Å². The maximum Gasteiger partial charge on any atom is 0.323 e. The Hall–Kier alpha value is -5.30. The van der Waals surface area contributed by atoms with Gasteiger partial charge in [0, 0.05) is 42.2 Å². The van der Waals surface area contributed by atoms with Crippen molar-refractivity contribution < 1.29 is 9.18 Å². The summed E-state index contributed by atoms with van der Waals surface area (Å²) in [4.78, 5) is 48.7. The molecule has 0 unspecified atom stereocenters. The number of rotatable bonds is 5. The molecule has 0 aliphatic heterocycles. The van der Waals surface area contributed by atoms with E-state index >= 15 is 0 Å². The van der Waals surface area contributed by atoms with Gasteiger partial charge >= 0.3 is 6.03 Å². The number of aryl methyl sites for hydroxylation is 1. The zero-order valence-corrected chi connectivity index (χ0v) is 25.4. The highest BCUT2D eigenvalue weighted by Gasteiger charge is 2.22. The predicted molar refractivity (Wildman–Crippen MR) is 172 cm³/mol. The number of aromatic nitrogens is 6. The Labute approximate surface area is 255 Å². The second-order valence-corrected chi connectivity index (χ2v) is 12.0. The molecule has 0 saturated heterocycles. The third-order valence-electron chi connectivity index (χ3n) is 7.01. The van der Waals surface area contributed by atoms with Crippen LogP contribution in [0.4, 0.5) is 26.5 Å². The van der Waals surface area contributed by atoms with Gasteiger partial charge in [-0.05, 0) is 35.9 Å². The Morgan fingerprint density at radius 3 is 2.48 bits per heavy atom. The van der Waals surface area contributed by atoms with Crippen LogP contribution in [-0.2, 0) is 12.5 Å². The van der Waals surface area contributed by atoms with Crippen molar-refractivity contribution in [2.75, 3.05) is 23.0 Å². The summed E-state index contributed by atoms with van der Waals surface area (Å²) in [5.74, 6) is 0.307. The molecule has 2 aromatic carbocycles. The number of hydrogen-bond donors (Lipinski definition) is 3. The van der Waals surface area contributed by atoms with Gasteiger partial charge in [-0.3, -0.25) is 9.36 Å². The van der Waals surface area contributed by atoms with Gasteiger partial charge in [0.25, 0.3) is 5.56 Å². The van der Waals surface area contributed by atoms with Gasteiger partial charge in [-0.25, -0.2) is 29.1 Å². The molecule has 3 N–H and O–H groups in total. The summed E-state index contributed by atoms with van der Waals surface area (Å²) < 4.78 is 17.4. The fourth-order valence-corrected chi connectivity index (χ4v) is 5.36. The number of benzene rings is 2. The second kappa shape index (κ2) is 11.1. The molecule has 44 heavy (non-hydrogen) atoms. The maximum atomic E-state index is 15.0. The number of halogens is 1. The quantitative estimate of drug-likeness (QED) is 0.210. The standard InChI is InChI=1S/C31H28FN9O2S/c1-31(2,3)28-34-14-23(25(39-28)17-7-9-24-22(12-17)36-15-44-24)38-30(43)37-21-11-16(6-8-20(21)32)19-10-18-13-35-29(33-4)40-26(18)41(5)27(19)42/h6-15H,1-5H3,(H,33,35,40)(H2,37,38,43). The normalized spacial score (nSPS) is 11.6. The first-order chi connectivity index (χ1) is 21.0. The van der Waals surface area contributed by atoms with Gasteiger partial charge < -0.3 is 16.0 Å². The second-order valence-electron chi connectivity index (χ2n) is 11.2. The summed E-state index contributed by atoms with van der Waals surface area (Å²) >= 11 is 1.53. The predicted octanol–water partition coefficient (Wildman–Crippen LogP) is 6.18. The smallest absolute Gasteiger partial charge is 0.323 e. The first kappa shape index (κ1) is 28.8. The zero-order chi connectivity index (χ0) is 31.2. The number of carbonyl (C=O) groups excluding carboxylic acids is 1. The van der Waals surface area contributed by atoms with Crippen molar-refractivity contribution in [1.82, 2.24) is 29.5 Å². The van der Waals surface area contributed by atoms with Crippen LogP contribution < -0.4 is 21.5 Å². The monoisotopic (exact) mass is 609 g/mol. The van der Waals surface area contributed by atoms with Crippen LogP contribution in [-0.4, -0.2) is 42.6 Å². The number of urea groups is 1. The van der Waals surface area contributed by atoms with Crippen molar-refractivity contribution >= 4 is 55.9 Å². The summed E-state index contributed by atoms with van der Waals surface area (Å²) in [5, 5.41) is 8.82. The number of thiazole rings is 1. The number of hydrogen-bond acceptors (Lipinski definition) is 9.